The van der Waals surface area contributed by atoms with Gasteiger partial charge in [0.1, 0.15) is 11.4 Å². The Morgan fingerprint density at radius 2 is 1.81 bits per heavy atom. The number of methoxy groups -OCH3 is 1. The van der Waals surface area contributed by atoms with Crippen molar-refractivity contribution in [3.63, 3.8) is 0 Å². The number of hydrazone groups is 1. The lowest BCUT2D eigenvalue weighted by atomic mass is 10.2. The van der Waals surface area contributed by atoms with Gasteiger partial charge in [-0.25, -0.2) is 8.42 Å². The Kier molecular flexibility index (Phi) is 6.73. The number of benzene rings is 3. The number of para-hydroxylation sites is 1. The molecule has 31 heavy (non-hydrogen) atoms. The third kappa shape index (κ3) is 5.50. The van der Waals surface area contributed by atoms with Crippen molar-refractivity contribution >= 4 is 44.9 Å². The molecule has 0 radical (unpaired) electrons. The van der Waals surface area contributed by atoms with Gasteiger partial charge in [-0.1, -0.05) is 23.7 Å². The minimum Gasteiger partial charge on any atom is -0.496 e. The predicted molar refractivity (Wildman–Crippen MR) is 120 cm³/mol. The second kappa shape index (κ2) is 9.45. The largest absolute Gasteiger partial charge is 0.496 e. The highest BCUT2D eigenvalue weighted by molar-refractivity contribution is 7.92. The highest BCUT2D eigenvalue weighted by atomic mass is 35.5. The van der Waals surface area contributed by atoms with Crippen LogP contribution in [0.3, 0.4) is 0 Å². The lowest BCUT2D eigenvalue weighted by Gasteiger charge is -2.09. The van der Waals surface area contributed by atoms with Crippen LogP contribution in [0.2, 0.25) is 5.02 Å². The van der Waals surface area contributed by atoms with Crippen LogP contribution in [0.1, 0.15) is 5.56 Å². The van der Waals surface area contributed by atoms with Crippen LogP contribution in [0.15, 0.2) is 76.7 Å². The Bertz CT molecular complexity index is 1230. The summed E-state index contributed by atoms with van der Waals surface area (Å²) in [5, 5.41) is 15.9. The van der Waals surface area contributed by atoms with Crippen LogP contribution >= 0.6 is 11.6 Å². The number of sulfonamides is 1. The van der Waals surface area contributed by atoms with E-state index in [0.29, 0.717) is 16.3 Å². The molecule has 0 saturated carbocycles. The number of anilines is 2. The van der Waals surface area contributed by atoms with Crippen LogP contribution in [-0.4, -0.2) is 26.7 Å². The van der Waals surface area contributed by atoms with Crippen LogP contribution in [0.4, 0.5) is 17.1 Å². The fraction of sp³-hybridized carbons (Fsp3) is 0.0500. The Morgan fingerprint density at radius 3 is 2.48 bits per heavy atom. The molecule has 0 aliphatic carbocycles. The summed E-state index contributed by atoms with van der Waals surface area (Å²) in [6.45, 7) is 0. The van der Waals surface area contributed by atoms with Gasteiger partial charge in [0.15, 0.2) is 0 Å². The molecule has 11 heteroatoms. The summed E-state index contributed by atoms with van der Waals surface area (Å²) in [6, 6.07) is 16.6. The van der Waals surface area contributed by atoms with Gasteiger partial charge in [-0.15, -0.1) is 0 Å². The van der Waals surface area contributed by atoms with Gasteiger partial charge in [0, 0.05) is 22.3 Å². The Morgan fingerprint density at radius 1 is 1.10 bits per heavy atom. The average molecular weight is 461 g/mol. The molecule has 0 unspecified atom stereocenters. The van der Waals surface area contributed by atoms with E-state index < -0.39 is 20.6 Å². The second-order valence-corrected chi connectivity index (χ2v) is 8.28. The third-order valence-electron chi connectivity index (χ3n) is 4.10. The molecule has 3 aromatic rings. The van der Waals surface area contributed by atoms with Gasteiger partial charge in [-0.2, -0.15) is 5.10 Å². The monoisotopic (exact) mass is 460 g/mol. The number of nitrogens with one attached hydrogen (secondary N) is 2. The summed E-state index contributed by atoms with van der Waals surface area (Å²) in [7, 11) is -2.54. The molecule has 0 aliphatic heterocycles. The topological polar surface area (TPSA) is 123 Å². The highest BCUT2D eigenvalue weighted by Gasteiger charge is 2.21. The Balaban J connectivity index is 1.84. The van der Waals surface area contributed by atoms with Crippen molar-refractivity contribution in [2.45, 2.75) is 4.90 Å². The zero-order chi connectivity index (χ0) is 22.4. The van der Waals surface area contributed by atoms with Gasteiger partial charge >= 0.3 is 0 Å². The average Bonchev–Trinajstić information content (AvgIpc) is 2.75. The van der Waals surface area contributed by atoms with E-state index in [1.165, 1.54) is 49.7 Å². The molecule has 0 amide bonds. The maximum absolute atomic E-state index is 12.6. The molecule has 0 atom stereocenters. The number of halogens is 1. The number of rotatable bonds is 8. The number of hydrogen-bond acceptors (Lipinski definition) is 7. The zero-order valence-electron chi connectivity index (χ0n) is 16.2. The minimum atomic E-state index is -4.05. The summed E-state index contributed by atoms with van der Waals surface area (Å²) in [5.74, 6) is 0.581. The molecule has 3 aromatic carbocycles. The van der Waals surface area contributed by atoms with Crippen molar-refractivity contribution in [2.75, 3.05) is 17.3 Å². The molecule has 160 valence electrons. The first kappa shape index (κ1) is 22.1. The number of ether oxygens (including phenoxy) is 1. The van der Waals surface area contributed by atoms with E-state index in [1.807, 2.05) is 0 Å². The normalized spacial score (nSPS) is 11.3. The molecule has 0 aromatic heterocycles. The maximum Gasteiger partial charge on any atom is 0.295 e. The van der Waals surface area contributed by atoms with E-state index in [1.54, 1.807) is 24.3 Å². The number of nitrogens with zero attached hydrogens (tertiary/aromatic N) is 2. The summed E-state index contributed by atoms with van der Waals surface area (Å²) in [6.07, 6.45) is 1.44. The first-order valence-electron chi connectivity index (χ1n) is 8.79. The van der Waals surface area contributed by atoms with E-state index in [-0.39, 0.29) is 16.3 Å². The van der Waals surface area contributed by atoms with Crippen LogP contribution in [0, 0.1) is 10.1 Å². The molecular weight excluding hydrogens is 444 g/mol. The van der Waals surface area contributed by atoms with Crippen molar-refractivity contribution in [2.24, 2.45) is 5.10 Å². The lowest BCUT2D eigenvalue weighted by Crippen LogP contribution is -2.13. The quantitative estimate of drug-likeness (QED) is 0.290. The first-order valence-corrected chi connectivity index (χ1v) is 10.7. The Hall–Kier alpha value is -3.63. The summed E-state index contributed by atoms with van der Waals surface area (Å²) in [4.78, 5) is 10.5. The van der Waals surface area contributed by atoms with E-state index in [4.69, 9.17) is 16.3 Å². The molecule has 0 bridgehead atoms. The highest BCUT2D eigenvalue weighted by Crippen LogP contribution is 2.29. The molecule has 2 N–H and O–H groups in total. The molecular formula is C20H17ClN4O5S. The van der Waals surface area contributed by atoms with Gasteiger partial charge in [-0.3, -0.25) is 20.3 Å². The smallest absolute Gasteiger partial charge is 0.295 e. The summed E-state index contributed by atoms with van der Waals surface area (Å²) < 4.78 is 32.8. The fourth-order valence-electron chi connectivity index (χ4n) is 2.60. The fourth-order valence-corrected chi connectivity index (χ4v) is 3.80. The zero-order valence-corrected chi connectivity index (χ0v) is 17.7. The third-order valence-corrected chi connectivity index (χ3v) is 5.73. The number of nitro benzene ring substituents is 1. The van der Waals surface area contributed by atoms with E-state index in [2.05, 4.69) is 15.2 Å². The van der Waals surface area contributed by atoms with Gasteiger partial charge in [0.05, 0.1) is 23.1 Å². The molecule has 0 spiro atoms. The van der Waals surface area contributed by atoms with E-state index >= 15 is 0 Å². The predicted octanol–water partition coefficient (Wildman–Crippen LogP) is 4.50. The first-order chi connectivity index (χ1) is 14.8. The molecule has 0 heterocycles. The molecule has 9 nitrogen and oxygen atoms in total. The van der Waals surface area contributed by atoms with Crippen molar-refractivity contribution < 1.29 is 18.1 Å². The Labute approximate surface area is 183 Å². The van der Waals surface area contributed by atoms with Crippen LogP contribution < -0.4 is 14.9 Å². The standard InChI is InChI=1S/C20H17ClN4O5S/c1-30-20-5-3-2-4-14(20)13-22-23-18-11-10-17(12-19(18)25(26)27)31(28,29)24-16-8-6-15(21)7-9-16/h2-13,23-24H,1H3. The van der Waals surface area contributed by atoms with Crippen LogP contribution in [0.5, 0.6) is 5.75 Å². The van der Waals surface area contributed by atoms with E-state index in [9.17, 15) is 18.5 Å². The minimum absolute atomic E-state index is 0.0293. The van der Waals surface area contributed by atoms with Crippen LogP contribution in [-0.2, 0) is 10.0 Å². The molecule has 0 fully saturated rings. The van der Waals surface area contributed by atoms with Crippen molar-refractivity contribution in [1.29, 1.82) is 0 Å². The van der Waals surface area contributed by atoms with Crippen molar-refractivity contribution in [1.82, 2.24) is 0 Å². The van der Waals surface area contributed by atoms with Crippen molar-refractivity contribution in [3.8, 4) is 5.75 Å². The van der Waals surface area contributed by atoms with Gasteiger partial charge in [-0.05, 0) is 48.5 Å². The lowest BCUT2D eigenvalue weighted by molar-refractivity contribution is -0.384. The van der Waals surface area contributed by atoms with Gasteiger partial charge in [0.25, 0.3) is 15.7 Å². The molecule has 3 rings (SSSR count). The SMILES string of the molecule is COc1ccccc1C=NNc1ccc(S(=O)(=O)Nc2ccc(Cl)cc2)cc1[N+](=O)[O-]. The van der Waals surface area contributed by atoms with Gasteiger partial charge < -0.3 is 4.74 Å². The summed E-state index contributed by atoms with van der Waals surface area (Å²) >= 11 is 5.79. The second-order valence-electron chi connectivity index (χ2n) is 6.16. The maximum atomic E-state index is 12.6. The number of hydrogen-bond donors (Lipinski definition) is 2. The number of nitro groups is 1. The van der Waals surface area contributed by atoms with Gasteiger partial charge in [0.2, 0.25) is 0 Å². The summed E-state index contributed by atoms with van der Waals surface area (Å²) in [5.41, 5.74) is 3.09. The van der Waals surface area contributed by atoms with Crippen molar-refractivity contribution in [3.05, 3.63) is 87.4 Å². The van der Waals surface area contributed by atoms with E-state index in [0.717, 1.165) is 6.07 Å². The molecule has 0 aliphatic rings. The van der Waals surface area contributed by atoms with Crippen LogP contribution in [0.25, 0.3) is 0 Å². The molecule has 0 saturated heterocycles.